The molecular formula is C22H20F2N4O. The molecule has 148 valence electrons. The number of hydrogen-bond acceptors (Lipinski definition) is 4. The highest BCUT2D eigenvalue weighted by Gasteiger charge is 2.12. The lowest BCUT2D eigenvalue weighted by Crippen LogP contribution is -2.17. The van der Waals surface area contributed by atoms with Gasteiger partial charge < -0.3 is 15.5 Å². The quantitative estimate of drug-likeness (QED) is 0.643. The summed E-state index contributed by atoms with van der Waals surface area (Å²) in [6.07, 6.45) is 4.07. The molecule has 1 fully saturated rings. The number of carbonyl (C=O) groups is 1. The maximum atomic E-state index is 13.3. The first-order valence-electron chi connectivity index (χ1n) is 9.43. The maximum absolute atomic E-state index is 13.3. The number of rotatable bonds is 5. The van der Waals surface area contributed by atoms with Crippen molar-refractivity contribution in [2.45, 2.75) is 12.8 Å². The van der Waals surface area contributed by atoms with Crippen LogP contribution in [-0.2, 0) is 0 Å². The summed E-state index contributed by atoms with van der Waals surface area (Å²) in [7, 11) is 0. The molecule has 1 amide bonds. The molecule has 29 heavy (non-hydrogen) atoms. The van der Waals surface area contributed by atoms with Crippen molar-refractivity contribution in [1.29, 1.82) is 0 Å². The lowest BCUT2D eigenvalue weighted by atomic mass is 10.2. The molecule has 2 aromatic carbocycles. The van der Waals surface area contributed by atoms with Crippen LogP contribution in [0.3, 0.4) is 0 Å². The second-order valence-electron chi connectivity index (χ2n) is 6.88. The van der Waals surface area contributed by atoms with E-state index in [9.17, 15) is 13.6 Å². The Morgan fingerprint density at radius 1 is 0.897 bits per heavy atom. The number of nitrogens with one attached hydrogen (secondary N) is 2. The number of nitrogens with zero attached hydrogens (tertiary/aromatic N) is 2. The molecule has 3 aromatic rings. The Labute approximate surface area is 167 Å². The van der Waals surface area contributed by atoms with Crippen molar-refractivity contribution in [2.75, 3.05) is 28.6 Å². The minimum Gasteiger partial charge on any atom is -0.372 e. The van der Waals surface area contributed by atoms with Crippen LogP contribution < -0.4 is 15.5 Å². The summed E-state index contributed by atoms with van der Waals surface area (Å²) < 4.78 is 26.3. The van der Waals surface area contributed by atoms with Crippen LogP contribution >= 0.6 is 0 Å². The van der Waals surface area contributed by atoms with Gasteiger partial charge in [-0.05, 0) is 67.4 Å². The predicted octanol–water partition coefficient (Wildman–Crippen LogP) is 4.96. The Morgan fingerprint density at radius 2 is 1.62 bits per heavy atom. The molecule has 7 heteroatoms. The van der Waals surface area contributed by atoms with E-state index < -0.39 is 17.5 Å². The summed E-state index contributed by atoms with van der Waals surface area (Å²) in [6, 6.07) is 14.6. The van der Waals surface area contributed by atoms with Gasteiger partial charge in [-0.2, -0.15) is 0 Å². The van der Waals surface area contributed by atoms with E-state index in [0.29, 0.717) is 5.82 Å². The topological polar surface area (TPSA) is 57.3 Å². The van der Waals surface area contributed by atoms with Crippen LogP contribution in [0.5, 0.6) is 0 Å². The van der Waals surface area contributed by atoms with Crippen molar-refractivity contribution in [3.05, 3.63) is 78.0 Å². The van der Waals surface area contributed by atoms with E-state index in [4.69, 9.17) is 0 Å². The zero-order chi connectivity index (χ0) is 20.2. The smallest absolute Gasteiger partial charge is 0.256 e. The third-order valence-electron chi connectivity index (χ3n) is 4.81. The van der Waals surface area contributed by atoms with Gasteiger partial charge in [0.2, 0.25) is 0 Å². The molecule has 2 heterocycles. The molecule has 0 spiro atoms. The lowest BCUT2D eigenvalue weighted by molar-refractivity contribution is 0.102. The van der Waals surface area contributed by atoms with Gasteiger partial charge >= 0.3 is 0 Å². The van der Waals surface area contributed by atoms with E-state index in [1.807, 2.05) is 12.1 Å². The summed E-state index contributed by atoms with van der Waals surface area (Å²) in [5.41, 5.74) is 2.95. The van der Waals surface area contributed by atoms with Gasteiger partial charge in [-0.3, -0.25) is 4.79 Å². The summed E-state index contributed by atoms with van der Waals surface area (Å²) in [4.78, 5) is 18.7. The van der Waals surface area contributed by atoms with Crippen molar-refractivity contribution in [1.82, 2.24) is 4.98 Å². The van der Waals surface area contributed by atoms with Crippen molar-refractivity contribution in [3.63, 3.8) is 0 Å². The molecule has 1 aromatic heterocycles. The number of hydrogen-bond donors (Lipinski definition) is 2. The third-order valence-corrected chi connectivity index (χ3v) is 4.81. The molecule has 1 aliphatic heterocycles. The van der Waals surface area contributed by atoms with Gasteiger partial charge in [0.05, 0.1) is 11.9 Å². The standard InChI is InChI=1S/C22H20F2N4O/c23-19-9-3-15(13-20(19)24)22(29)27-21-10-6-17(14-25-21)26-16-4-7-18(8-5-16)28-11-1-2-12-28/h3-10,13-14,26H,1-2,11-12H2,(H,25,27,29). The molecule has 5 nitrogen and oxygen atoms in total. The molecule has 0 radical (unpaired) electrons. The molecule has 1 aliphatic rings. The molecular weight excluding hydrogens is 374 g/mol. The Balaban J connectivity index is 1.37. The molecule has 4 rings (SSSR count). The average molecular weight is 394 g/mol. The summed E-state index contributed by atoms with van der Waals surface area (Å²) >= 11 is 0. The second-order valence-corrected chi connectivity index (χ2v) is 6.88. The van der Waals surface area contributed by atoms with Gasteiger partial charge in [-0.25, -0.2) is 13.8 Å². The number of benzene rings is 2. The highest BCUT2D eigenvalue weighted by molar-refractivity contribution is 6.03. The molecule has 1 saturated heterocycles. The van der Waals surface area contributed by atoms with Gasteiger partial charge in [0.1, 0.15) is 5.82 Å². The molecule has 2 N–H and O–H groups in total. The third kappa shape index (κ3) is 4.51. The summed E-state index contributed by atoms with van der Waals surface area (Å²) in [5.74, 6) is -2.31. The van der Waals surface area contributed by atoms with E-state index in [2.05, 4.69) is 32.7 Å². The first-order valence-corrected chi connectivity index (χ1v) is 9.43. The van der Waals surface area contributed by atoms with E-state index in [-0.39, 0.29) is 5.56 Å². The highest BCUT2D eigenvalue weighted by Crippen LogP contribution is 2.24. The molecule has 0 bridgehead atoms. The number of carbonyl (C=O) groups excluding carboxylic acids is 1. The van der Waals surface area contributed by atoms with Crippen molar-refractivity contribution < 1.29 is 13.6 Å². The Kier molecular flexibility index (Phi) is 5.37. The van der Waals surface area contributed by atoms with Crippen LogP contribution in [0, 0.1) is 11.6 Å². The summed E-state index contributed by atoms with van der Waals surface area (Å²) in [5, 5.41) is 5.82. The highest BCUT2D eigenvalue weighted by atomic mass is 19.2. The minimum absolute atomic E-state index is 0.0194. The van der Waals surface area contributed by atoms with Crippen LogP contribution in [0.1, 0.15) is 23.2 Å². The van der Waals surface area contributed by atoms with Gasteiger partial charge in [0, 0.05) is 30.0 Å². The van der Waals surface area contributed by atoms with Crippen molar-refractivity contribution >= 4 is 28.8 Å². The maximum Gasteiger partial charge on any atom is 0.256 e. The van der Waals surface area contributed by atoms with E-state index >= 15 is 0 Å². The zero-order valence-electron chi connectivity index (χ0n) is 15.7. The number of anilines is 4. The predicted molar refractivity (Wildman–Crippen MR) is 110 cm³/mol. The fourth-order valence-electron chi connectivity index (χ4n) is 3.27. The second kappa shape index (κ2) is 8.26. The van der Waals surface area contributed by atoms with Gasteiger partial charge in [0.25, 0.3) is 5.91 Å². The van der Waals surface area contributed by atoms with Gasteiger partial charge in [-0.1, -0.05) is 0 Å². The molecule has 0 aliphatic carbocycles. The van der Waals surface area contributed by atoms with E-state index in [1.165, 1.54) is 24.6 Å². The number of amides is 1. The fourth-order valence-corrected chi connectivity index (χ4v) is 3.27. The van der Waals surface area contributed by atoms with Gasteiger partial charge in [-0.15, -0.1) is 0 Å². The number of halogens is 2. The zero-order valence-corrected chi connectivity index (χ0v) is 15.7. The minimum atomic E-state index is -1.07. The Hall–Kier alpha value is -3.48. The normalized spacial score (nSPS) is 13.4. The average Bonchev–Trinajstić information content (AvgIpc) is 3.27. The molecule has 0 unspecified atom stereocenters. The Morgan fingerprint density at radius 3 is 2.28 bits per heavy atom. The SMILES string of the molecule is O=C(Nc1ccc(Nc2ccc(N3CCCC3)cc2)cn1)c1ccc(F)c(F)c1. The van der Waals surface area contributed by atoms with Gasteiger partial charge in [0.15, 0.2) is 11.6 Å². The van der Waals surface area contributed by atoms with E-state index in [1.54, 1.807) is 18.3 Å². The number of aromatic nitrogens is 1. The van der Waals surface area contributed by atoms with Crippen LogP contribution in [0.15, 0.2) is 60.8 Å². The fraction of sp³-hybridized carbons (Fsp3) is 0.182. The molecule has 0 atom stereocenters. The monoisotopic (exact) mass is 394 g/mol. The van der Waals surface area contributed by atoms with Crippen LogP contribution in [-0.4, -0.2) is 24.0 Å². The van der Waals surface area contributed by atoms with Crippen LogP contribution in [0.4, 0.5) is 31.7 Å². The van der Waals surface area contributed by atoms with Crippen molar-refractivity contribution in [2.24, 2.45) is 0 Å². The number of pyridine rings is 1. The first kappa shape index (κ1) is 18.9. The van der Waals surface area contributed by atoms with Crippen LogP contribution in [0.2, 0.25) is 0 Å². The molecule has 0 saturated carbocycles. The van der Waals surface area contributed by atoms with Crippen LogP contribution in [0.25, 0.3) is 0 Å². The lowest BCUT2D eigenvalue weighted by Gasteiger charge is -2.18. The Bertz CT molecular complexity index is 1000. The largest absolute Gasteiger partial charge is 0.372 e. The van der Waals surface area contributed by atoms with E-state index in [0.717, 1.165) is 36.6 Å². The summed E-state index contributed by atoms with van der Waals surface area (Å²) in [6.45, 7) is 2.21. The first-order chi connectivity index (χ1) is 14.1. The van der Waals surface area contributed by atoms with Crippen molar-refractivity contribution in [3.8, 4) is 0 Å².